The van der Waals surface area contributed by atoms with Gasteiger partial charge in [0.05, 0.1) is 0 Å². The fourth-order valence-corrected chi connectivity index (χ4v) is 1.09. The van der Waals surface area contributed by atoms with E-state index in [1.165, 1.54) is 0 Å². The van der Waals surface area contributed by atoms with E-state index in [-0.39, 0.29) is 18.5 Å². The van der Waals surface area contributed by atoms with Gasteiger partial charge in [-0.2, -0.15) is 0 Å². The maximum atomic E-state index is 10.0. The largest absolute Gasteiger partial charge is 0.550 e. The van der Waals surface area contributed by atoms with Crippen molar-refractivity contribution in [3.8, 4) is 0 Å². The summed E-state index contributed by atoms with van der Waals surface area (Å²) in [5, 5.41) is 10.0. The zero-order valence-corrected chi connectivity index (χ0v) is 8.16. The summed E-state index contributed by atoms with van der Waals surface area (Å²) in [6, 6.07) is 0.0455. The van der Waals surface area contributed by atoms with Gasteiger partial charge in [0, 0.05) is 18.1 Å². The summed E-state index contributed by atoms with van der Waals surface area (Å²) in [6.45, 7) is 1.88. The summed E-state index contributed by atoms with van der Waals surface area (Å²) in [5.41, 5.74) is 11.3. The molecule has 0 heterocycles. The van der Waals surface area contributed by atoms with Crippen LogP contribution in [0.25, 0.3) is 0 Å². The molecule has 4 heteroatoms. The van der Waals surface area contributed by atoms with Crippen LogP contribution in [-0.2, 0) is 4.79 Å². The van der Waals surface area contributed by atoms with Crippen molar-refractivity contribution in [3.63, 3.8) is 0 Å². The fourth-order valence-electron chi connectivity index (χ4n) is 1.09. The third-order valence-corrected chi connectivity index (χ3v) is 2.09. The van der Waals surface area contributed by atoms with Gasteiger partial charge in [-0.3, -0.25) is 0 Å². The van der Waals surface area contributed by atoms with E-state index in [0.29, 0.717) is 6.42 Å². The van der Waals surface area contributed by atoms with E-state index in [0.717, 1.165) is 19.3 Å². The van der Waals surface area contributed by atoms with Gasteiger partial charge in [-0.05, 0) is 26.2 Å². The highest BCUT2D eigenvalue weighted by molar-refractivity contribution is 5.63. The van der Waals surface area contributed by atoms with Crippen molar-refractivity contribution in [1.82, 2.24) is 0 Å². The highest BCUT2D eigenvalue weighted by atomic mass is 16.4. The second kappa shape index (κ2) is 6.86. The average Bonchev–Trinajstić information content (AvgIpc) is 2.02. The molecule has 0 aromatic rings. The molecule has 0 aromatic carbocycles. The Balaban J connectivity index is 3.21. The van der Waals surface area contributed by atoms with E-state index < -0.39 is 5.97 Å². The van der Waals surface area contributed by atoms with Crippen LogP contribution in [0.2, 0.25) is 0 Å². The summed E-state index contributed by atoms with van der Waals surface area (Å²) in [7, 11) is 0. The number of carbonyl (C=O) groups is 1. The first-order valence-corrected chi connectivity index (χ1v) is 4.75. The minimum atomic E-state index is -0.975. The second-order valence-corrected chi connectivity index (χ2v) is 3.49. The zero-order valence-electron chi connectivity index (χ0n) is 8.16. The van der Waals surface area contributed by atoms with Gasteiger partial charge in [0.2, 0.25) is 0 Å². The van der Waals surface area contributed by atoms with E-state index in [1.807, 2.05) is 6.92 Å². The van der Waals surface area contributed by atoms with E-state index in [9.17, 15) is 9.90 Å². The van der Waals surface area contributed by atoms with Gasteiger partial charge in [0.25, 0.3) is 0 Å². The Morgan fingerprint density at radius 1 is 1.31 bits per heavy atom. The lowest BCUT2D eigenvalue weighted by molar-refractivity contribution is -0.305. The van der Waals surface area contributed by atoms with Gasteiger partial charge >= 0.3 is 0 Å². The first-order chi connectivity index (χ1) is 6.04. The van der Waals surface area contributed by atoms with Gasteiger partial charge in [0.15, 0.2) is 0 Å². The van der Waals surface area contributed by atoms with E-state index in [4.69, 9.17) is 11.5 Å². The van der Waals surface area contributed by atoms with Crippen molar-refractivity contribution in [2.24, 2.45) is 11.5 Å². The molecule has 0 amide bonds. The normalized spacial score (nSPS) is 15.3. The maximum Gasteiger partial charge on any atom is 0.0414 e. The van der Waals surface area contributed by atoms with E-state index in [1.54, 1.807) is 0 Å². The summed E-state index contributed by atoms with van der Waals surface area (Å²) in [4.78, 5) is 10.0. The van der Waals surface area contributed by atoms with Crippen LogP contribution in [0.5, 0.6) is 0 Å². The van der Waals surface area contributed by atoms with E-state index >= 15 is 0 Å². The van der Waals surface area contributed by atoms with Crippen LogP contribution in [-0.4, -0.2) is 18.1 Å². The molecule has 0 spiro atoms. The van der Waals surface area contributed by atoms with Crippen molar-refractivity contribution in [3.05, 3.63) is 0 Å². The molecule has 78 valence electrons. The van der Waals surface area contributed by atoms with Crippen LogP contribution < -0.4 is 16.6 Å². The van der Waals surface area contributed by atoms with Gasteiger partial charge in [-0.15, -0.1) is 0 Å². The van der Waals surface area contributed by atoms with Gasteiger partial charge in [-0.1, -0.05) is 12.8 Å². The molecule has 13 heavy (non-hydrogen) atoms. The molecule has 0 aliphatic heterocycles. The third-order valence-electron chi connectivity index (χ3n) is 2.09. The lowest BCUT2D eigenvalue weighted by Crippen LogP contribution is -2.38. The highest BCUT2D eigenvalue weighted by Gasteiger charge is 2.06. The second-order valence-electron chi connectivity index (χ2n) is 3.49. The van der Waals surface area contributed by atoms with Crippen LogP contribution in [0.1, 0.15) is 39.0 Å². The number of rotatable bonds is 7. The molecule has 0 saturated carbocycles. The Hall–Kier alpha value is -0.610. The molecule has 0 fully saturated rings. The molecule has 0 rings (SSSR count). The van der Waals surface area contributed by atoms with E-state index in [2.05, 4.69) is 0 Å². The van der Waals surface area contributed by atoms with Crippen LogP contribution in [0.4, 0.5) is 0 Å². The van der Waals surface area contributed by atoms with Crippen molar-refractivity contribution in [2.45, 2.75) is 51.1 Å². The number of carboxylic acid groups (broad SMARTS) is 1. The van der Waals surface area contributed by atoms with Gasteiger partial charge < -0.3 is 21.4 Å². The zero-order chi connectivity index (χ0) is 10.3. The number of aliphatic carboxylic acids is 1. The predicted molar refractivity (Wildman–Crippen MR) is 49.7 cm³/mol. The monoisotopic (exact) mass is 187 g/mol. The molecule has 2 unspecified atom stereocenters. The van der Waals surface area contributed by atoms with Crippen LogP contribution >= 0.6 is 0 Å². The van der Waals surface area contributed by atoms with Gasteiger partial charge in [0.1, 0.15) is 0 Å². The SMILES string of the molecule is CC(N)C(N)CCCCCC(=O)[O-]. The lowest BCUT2D eigenvalue weighted by atomic mass is 10.0. The molecular formula is C9H19N2O2-. The topological polar surface area (TPSA) is 92.2 Å². The Morgan fingerprint density at radius 2 is 1.92 bits per heavy atom. The summed E-state index contributed by atoms with van der Waals surface area (Å²) in [5.74, 6) is -0.975. The van der Waals surface area contributed by atoms with Gasteiger partial charge in [-0.25, -0.2) is 0 Å². The summed E-state index contributed by atoms with van der Waals surface area (Å²) >= 11 is 0. The summed E-state index contributed by atoms with van der Waals surface area (Å²) in [6.07, 6.45) is 3.51. The molecule has 0 aliphatic carbocycles. The Labute approximate surface area is 79.3 Å². The number of carboxylic acids is 1. The lowest BCUT2D eigenvalue weighted by Gasteiger charge is -2.14. The van der Waals surface area contributed by atoms with Crippen LogP contribution in [0.3, 0.4) is 0 Å². The highest BCUT2D eigenvalue weighted by Crippen LogP contribution is 2.05. The van der Waals surface area contributed by atoms with Crippen molar-refractivity contribution in [2.75, 3.05) is 0 Å². The molecule has 0 radical (unpaired) electrons. The first kappa shape index (κ1) is 12.4. The Bertz CT molecular complexity index is 149. The Kier molecular flexibility index (Phi) is 6.54. The number of hydrogen-bond acceptors (Lipinski definition) is 4. The molecule has 4 nitrogen and oxygen atoms in total. The minimum absolute atomic E-state index is 0.0149. The molecular weight excluding hydrogens is 168 g/mol. The Morgan fingerprint density at radius 3 is 2.38 bits per heavy atom. The quantitative estimate of drug-likeness (QED) is 0.519. The first-order valence-electron chi connectivity index (χ1n) is 4.75. The molecule has 2 atom stereocenters. The number of carbonyl (C=O) groups excluding carboxylic acids is 1. The minimum Gasteiger partial charge on any atom is -0.550 e. The third kappa shape index (κ3) is 7.74. The molecule has 0 aliphatic rings. The molecule has 0 aromatic heterocycles. The van der Waals surface area contributed by atoms with Crippen LogP contribution in [0.15, 0.2) is 0 Å². The standard InChI is InChI=1S/C9H20N2O2/c1-7(10)8(11)5-3-2-4-6-9(12)13/h7-8H,2-6,10-11H2,1H3,(H,12,13)/p-1. The van der Waals surface area contributed by atoms with Crippen molar-refractivity contribution >= 4 is 5.97 Å². The molecule has 0 saturated heterocycles. The maximum absolute atomic E-state index is 10.0. The average molecular weight is 187 g/mol. The molecule has 4 N–H and O–H groups in total. The number of hydrogen-bond donors (Lipinski definition) is 2. The smallest absolute Gasteiger partial charge is 0.0414 e. The number of nitrogens with two attached hydrogens (primary N) is 2. The van der Waals surface area contributed by atoms with Crippen molar-refractivity contribution in [1.29, 1.82) is 0 Å². The summed E-state index contributed by atoms with van der Waals surface area (Å²) < 4.78 is 0. The number of unbranched alkanes of at least 4 members (excludes halogenated alkanes) is 2. The molecule has 0 bridgehead atoms. The fraction of sp³-hybridized carbons (Fsp3) is 0.889. The van der Waals surface area contributed by atoms with Crippen molar-refractivity contribution < 1.29 is 9.90 Å². The van der Waals surface area contributed by atoms with Crippen LogP contribution in [0, 0.1) is 0 Å². The predicted octanol–water partition coefficient (Wildman–Crippen LogP) is -0.639.